The van der Waals surface area contributed by atoms with Gasteiger partial charge in [0.1, 0.15) is 6.04 Å². The number of urea groups is 1. The van der Waals surface area contributed by atoms with Crippen molar-refractivity contribution < 1.29 is 19.2 Å². The molecule has 3 rings (SSSR count). The van der Waals surface area contributed by atoms with Crippen LogP contribution in [-0.2, 0) is 9.59 Å². The third-order valence-electron chi connectivity index (χ3n) is 4.79. The number of nitrogens with zero attached hydrogens (tertiary/aromatic N) is 1. The Bertz CT molecular complexity index is 989. The first-order valence-electron chi connectivity index (χ1n) is 9.70. The van der Waals surface area contributed by atoms with Gasteiger partial charge < -0.3 is 20.9 Å². The van der Waals surface area contributed by atoms with Gasteiger partial charge in [-0.1, -0.05) is 18.2 Å². The first-order valence-corrected chi connectivity index (χ1v) is 9.70. The molecule has 8 nitrogen and oxygen atoms in total. The van der Waals surface area contributed by atoms with Crippen molar-refractivity contribution in [2.45, 2.75) is 32.7 Å². The quantitative estimate of drug-likeness (QED) is 0.658. The molecule has 0 saturated carbocycles. The highest BCUT2D eigenvalue weighted by Gasteiger charge is 2.34. The molecule has 1 fully saturated rings. The van der Waals surface area contributed by atoms with E-state index < -0.39 is 6.04 Å². The fraction of sp³-hybridized carbons (Fsp3) is 0.273. The van der Waals surface area contributed by atoms with Crippen LogP contribution in [-0.4, -0.2) is 41.1 Å². The van der Waals surface area contributed by atoms with Crippen molar-refractivity contribution in [3.05, 3.63) is 54.1 Å². The summed E-state index contributed by atoms with van der Waals surface area (Å²) in [6.07, 6.45) is 1.27. The van der Waals surface area contributed by atoms with E-state index in [0.29, 0.717) is 42.0 Å². The van der Waals surface area contributed by atoms with E-state index in [1.165, 1.54) is 18.7 Å². The number of carbonyl (C=O) groups is 4. The molecule has 156 valence electrons. The highest BCUT2D eigenvalue weighted by atomic mass is 16.2. The summed E-state index contributed by atoms with van der Waals surface area (Å²) in [5.41, 5.74) is 2.11. The number of Topliss-reactive ketones (excluding diaryl/α,β-unsaturated/α-hetero) is 1. The zero-order valence-corrected chi connectivity index (χ0v) is 16.9. The van der Waals surface area contributed by atoms with E-state index in [9.17, 15) is 19.2 Å². The molecule has 0 bridgehead atoms. The summed E-state index contributed by atoms with van der Waals surface area (Å²) in [6, 6.07) is 12.5. The summed E-state index contributed by atoms with van der Waals surface area (Å²) in [6.45, 7) is 3.33. The van der Waals surface area contributed by atoms with Gasteiger partial charge in [-0.05, 0) is 50.1 Å². The summed E-state index contributed by atoms with van der Waals surface area (Å²) in [4.78, 5) is 49.8. The summed E-state index contributed by atoms with van der Waals surface area (Å²) in [7, 11) is 0. The Balaban J connectivity index is 1.67. The third-order valence-corrected chi connectivity index (χ3v) is 4.79. The predicted molar refractivity (Wildman–Crippen MR) is 115 cm³/mol. The molecule has 1 heterocycles. The number of ketones is 1. The van der Waals surface area contributed by atoms with Gasteiger partial charge in [-0.25, -0.2) is 4.79 Å². The van der Waals surface area contributed by atoms with Crippen LogP contribution in [0.15, 0.2) is 48.5 Å². The molecule has 1 saturated heterocycles. The average molecular weight is 408 g/mol. The van der Waals surface area contributed by atoms with Gasteiger partial charge in [0.25, 0.3) is 0 Å². The fourth-order valence-corrected chi connectivity index (χ4v) is 3.40. The number of nitrogens with one attached hydrogen (secondary N) is 3. The maximum Gasteiger partial charge on any atom is 0.322 e. The molecule has 0 aliphatic carbocycles. The fourth-order valence-electron chi connectivity index (χ4n) is 3.40. The van der Waals surface area contributed by atoms with Crippen molar-refractivity contribution in [3.63, 3.8) is 0 Å². The van der Waals surface area contributed by atoms with E-state index in [2.05, 4.69) is 16.0 Å². The van der Waals surface area contributed by atoms with Crippen molar-refractivity contribution in [1.29, 1.82) is 0 Å². The predicted octanol–water partition coefficient (Wildman–Crippen LogP) is 3.48. The SMILES string of the molecule is CC(=O)Nc1cccc(NC(=O)C2CCCN2C(=O)Nc2cccc(C(C)=O)c2)c1. The number of hydrogen-bond acceptors (Lipinski definition) is 4. The van der Waals surface area contributed by atoms with Crippen molar-refractivity contribution in [2.75, 3.05) is 22.5 Å². The average Bonchev–Trinajstić information content (AvgIpc) is 3.18. The second-order valence-electron chi connectivity index (χ2n) is 7.17. The van der Waals surface area contributed by atoms with E-state index in [-0.39, 0.29) is 23.6 Å². The van der Waals surface area contributed by atoms with Crippen LogP contribution in [0.25, 0.3) is 0 Å². The molecule has 0 spiro atoms. The minimum absolute atomic E-state index is 0.0916. The summed E-state index contributed by atoms with van der Waals surface area (Å²) < 4.78 is 0. The molecule has 1 unspecified atom stereocenters. The van der Waals surface area contributed by atoms with Crippen LogP contribution < -0.4 is 16.0 Å². The van der Waals surface area contributed by atoms with E-state index >= 15 is 0 Å². The van der Waals surface area contributed by atoms with Gasteiger partial charge in [0.05, 0.1) is 0 Å². The normalized spacial score (nSPS) is 15.4. The third kappa shape index (κ3) is 5.22. The van der Waals surface area contributed by atoms with Crippen molar-refractivity contribution in [1.82, 2.24) is 4.90 Å². The van der Waals surface area contributed by atoms with Crippen LogP contribution in [0.2, 0.25) is 0 Å². The van der Waals surface area contributed by atoms with Gasteiger partial charge in [0.2, 0.25) is 11.8 Å². The Morgan fingerprint density at radius 3 is 2.17 bits per heavy atom. The lowest BCUT2D eigenvalue weighted by atomic mass is 10.1. The van der Waals surface area contributed by atoms with Gasteiger partial charge in [-0.3, -0.25) is 14.4 Å². The molecule has 1 atom stereocenters. The smallest absolute Gasteiger partial charge is 0.322 e. The van der Waals surface area contributed by atoms with Gasteiger partial charge in [0.15, 0.2) is 5.78 Å². The number of benzene rings is 2. The van der Waals surface area contributed by atoms with Crippen LogP contribution in [0, 0.1) is 0 Å². The monoisotopic (exact) mass is 408 g/mol. The molecule has 1 aliphatic heterocycles. The van der Waals surface area contributed by atoms with Crippen LogP contribution in [0.5, 0.6) is 0 Å². The largest absolute Gasteiger partial charge is 0.326 e. The maximum atomic E-state index is 12.8. The Morgan fingerprint density at radius 2 is 1.50 bits per heavy atom. The zero-order chi connectivity index (χ0) is 21.7. The Kier molecular flexibility index (Phi) is 6.46. The van der Waals surface area contributed by atoms with E-state index in [4.69, 9.17) is 0 Å². The molecule has 3 N–H and O–H groups in total. The number of carbonyl (C=O) groups excluding carboxylic acids is 4. The minimum Gasteiger partial charge on any atom is -0.326 e. The first kappa shape index (κ1) is 21.0. The van der Waals surface area contributed by atoms with E-state index in [1.807, 2.05) is 0 Å². The molecule has 1 aliphatic rings. The topological polar surface area (TPSA) is 108 Å². The summed E-state index contributed by atoms with van der Waals surface area (Å²) >= 11 is 0. The lowest BCUT2D eigenvalue weighted by Crippen LogP contribution is -2.45. The van der Waals surface area contributed by atoms with Gasteiger partial charge in [0, 0.05) is 36.1 Å². The Labute approximate surface area is 174 Å². The lowest BCUT2D eigenvalue weighted by Gasteiger charge is -2.24. The number of hydrogen-bond donors (Lipinski definition) is 3. The maximum absolute atomic E-state index is 12.8. The highest BCUT2D eigenvalue weighted by molar-refractivity contribution is 6.01. The Morgan fingerprint density at radius 1 is 0.867 bits per heavy atom. The van der Waals surface area contributed by atoms with Gasteiger partial charge in [-0.2, -0.15) is 0 Å². The Hall–Kier alpha value is -3.68. The zero-order valence-electron chi connectivity index (χ0n) is 16.9. The second-order valence-corrected chi connectivity index (χ2v) is 7.17. The van der Waals surface area contributed by atoms with Crippen molar-refractivity contribution in [2.24, 2.45) is 0 Å². The summed E-state index contributed by atoms with van der Waals surface area (Å²) in [5, 5.41) is 8.25. The van der Waals surface area contributed by atoms with Crippen LogP contribution in [0.3, 0.4) is 0 Å². The standard InChI is InChI=1S/C22H24N4O4/c1-14(27)16-6-3-7-17(12-16)25-22(30)26-11-5-10-20(26)21(29)24-19-9-4-8-18(13-19)23-15(2)28/h3-4,6-9,12-13,20H,5,10-11H2,1-2H3,(H,23,28)(H,24,29)(H,25,30). The van der Waals surface area contributed by atoms with Gasteiger partial charge >= 0.3 is 6.03 Å². The second kappa shape index (κ2) is 9.21. The molecule has 4 amide bonds. The van der Waals surface area contributed by atoms with Crippen molar-refractivity contribution >= 4 is 40.7 Å². The first-order chi connectivity index (χ1) is 14.3. The molecule has 0 aromatic heterocycles. The molecular formula is C22H24N4O4. The summed E-state index contributed by atoms with van der Waals surface area (Å²) in [5.74, 6) is -0.586. The van der Waals surface area contributed by atoms with E-state index in [0.717, 1.165) is 0 Å². The lowest BCUT2D eigenvalue weighted by molar-refractivity contribution is -0.119. The molecule has 2 aromatic rings. The van der Waals surface area contributed by atoms with E-state index in [1.54, 1.807) is 48.5 Å². The number of rotatable bonds is 5. The molecular weight excluding hydrogens is 384 g/mol. The molecule has 8 heteroatoms. The highest BCUT2D eigenvalue weighted by Crippen LogP contribution is 2.22. The van der Waals surface area contributed by atoms with Crippen LogP contribution in [0.4, 0.5) is 21.9 Å². The van der Waals surface area contributed by atoms with Gasteiger partial charge in [-0.15, -0.1) is 0 Å². The van der Waals surface area contributed by atoms with Crippen LogP contribution in [0.1, 0.15) is 37.0 Å². The van der Waals surface area contributed by atoms with Crippen LogP contribution >= 0.6 is 0 Å². The molecule has 30 heavy (non-hydrogen) atoms. The number of amides is 4. The molecule has 0 radical (unpaired) electrons. The van der Waals surface area contributed by atoms with Crippen molar-refractivity contribution in [3.8, 4) is 0 Å². The number of likely N-dealkylation sites (tertiary alicyclic amines) is 1. The minimum atomic E-state index is -0.606. The number of anilines is 3. The molecule has 2 aromatic carbocycles.